The number of rotatable bonds is 9. The van der Waals surface area contributed by atoms with Gasteiger partial charge in [0, 0.05) is 35.4 Å². The van der Waals surface area contributed by atoms with Crippen molar-refractivity contribution in [1.82, 2.24) is 4.98 Å². The fourth-order valence-electron chi connectivity index (χ4n) is 6.28. The zero-order valence-corrected chi connectivity index (χ0v) is 27.3. The third kappa shape index (κ3) is 5.99. The van der Waals surface area contributed by atoms with Gasteiger partial charge in [-0.05, 0) is 99.1 Å². The molecule has 5 rings (SSSR count). The number of aliphatic carboxylic acids is 2. The number of hydrogen-bond acceptors (Lipinski definition) is 7. The van der Waals surface area contributed by atoms with Crippen LogP contribution >= 0.6 is 0 Å². The van der Waals surface area contributed by atoms with Crippen LogP contribution in [0.3, 0.4) is 0 Å². The van der Waals surface area contributed by atoms with E-state index in [1.54, 1.807) is 19.1 Å². The van der Waals surface area contributed by atoms with Crippen molar-refractivity contribution in [3.8, 4) is 0 Å². The van der Waals surface area contributed by atoms with Crippen LogP contribution in [-0.2, 0) is 16.0 Å². The molecule has 0 radical (unpaired) electrons. The van der Waals surface area contributed by atoms with E-state index in [4.69, 9.17) is 20.7 Å². The quantitative estimate of drug-likeness (QED) is 0.191. The molecule has 1 aromatic heterocycles. The number of H-pyrrole nitrogens is 1. The summed E-state index contributed by atoms with van der Waals surface area (Å²) < 4.78 is 0. The molecule has 0 aliphatic carbocycles. The number of aromatic nitrogens is 1. The number of aliphatic hydroxyl groups excluding tert-OH is 1. The van der Waals surface area contributed by atoms with Gasteiger partial charge in [-0.15, -0.1) is 0 Å². The van der Waals surface area contributed by atoms with Gasteiger partial charge >= 0.3 is 11.9 Å². The minimum atomic E-state index is -0.924. The Bertz CT molecular complexity index is 1980. The van der Waals surface area contributed by atoms with Crippen LogP contribution in [0.1, 0.15) is 69.5 Å². The van der Waals surface area contributed by atoms with Gasteiger partial charge in [-0.25, -0.2) is 15.0 Å². The summed E-state index contributed by atoms with van der Waals surface area (Å²) in [6, 6.07) is -0.729. The standard InChI is InChI=1S/C37H39N5O5/c1-8-22-20(6)35-34(37(47)21(7)38)36-23(9-2)17(3)28(41-36)14-26-18(4)24(10-12-32(43)44)30(39-26)16-31-25(11-13-33(45)46)19(5)27(40-31)15-29(22)42-35/h8-9,14-16,21,40,47H,1-2,10-13,38H2,3-7H3,(H,43,44)(H,45,46)/t21-/m0/s1. The summed E-state index contributed by atoms with van der Waals surface area (Å²) in [7, 11) is 0. The first-order valence-electron chi connectivity index (χ1n) is 15.4. The third-order valence-electron chi connectivity index (χ3n) is 8.96. The molecule has 0 amide bonds. The fourth-order valence-corrected chi connectivity index (χ4v) is 6.28. The molecule has 10 nitrogen and oxygen atoms in total. The lowest BCUT2D eigenvalue weighted by molar-refractivity contribution is -0.138. The Morgan fingerprint density at radius 3 is 2.04 bits per heavy atom. The highest BCUT2D eigenvalue weighted by molar-refractivity contribution is 6.38. The Morgan fingerprint density at radius 1 is 0.809 bits per heavy atom. The van der Waals surface area contributed by atoms with Crippen LogP contribution in [0.15, 0.2) is 108 Å². The number of fused-ring (bicyclic) bond motifs is 5. The van der Waals surface area contributed by atoms with Gasteiger partial charge in [0.05, 0.1) is 45.8 Å². The van der Waals surface area contributed by atoms with Crippen molar-refractivity contribution in [3.63, 3.8) is 0 Å². The number of carboxylic acids is 2. The molecule has 10 heteroatoms. The maximum Gasteiger partial charge on any atom is 0.303 e. The number of carboxylic acid groups (broad SMARTS) is 2. The average molecular weight is 634 g/mol. The topological polar surface area (TPSA) is 174 Å². The van der Waals surface area contributed by atoms with Gasteiger partial charge in [-0.3, -0.25) is 9.59 Å². The Morgan fingerprint density at radius 2 is 1.43 bits per heavy atom. The summed E-state index contributed by atoms with van der Waals surface area (Å²) in [6.45, 7) is 17.4. The Hall–Kier alpha value is -5.35. The summed E-state index contributed by atoms with van der Waals surface area (Å²) in [6.07, 6.45) is 9.38. The fraction of sp³-hybridized carbons (Fsp3) is 0.270. The lowest BCUT2D eigenvalue weighted by Crippen LogP contribution is -2.25. The minimum Gasteiger partial charge on any atom is -0.510 e. The van der Waals surface area contributed by atoms with E-state index in [1.165, 1.54) is 0 Å². The molecule has 4 aliphatic rings. The van der Waals surface area contributed by atoms with Crippen molar-refractivity contribution in [1.29, 1.82) is 0 Å². The van der Waals surface area contributed by atoms with Crippen molar-refractivity contribution < 1.29 is 24.9 Å². The van der Waals surface area contributed by atoms with Crippen LogP contribution in [0, 0.1) is 6.92 Å². The largest absolute Gasteiger partial charge is 0.510 e. The molecule has 0 saturated heterocycles. The molecular formula is C37H39N5O5. The molecule has 6 N–H and O–H groups in total. The number of nitrogens with zero attached hydrogens (tertiary/aromatic N) is 3. The van der Waals surface area contributed by atoms with Gasteiger partial charge in [0.2, 0.25) is 0 Å². The van der Waals surface area contributed by atoms with Gasteiger partial charge in [-0.2, -0.15) is 0 Å². The lowest BCUT2D eigenvalue weighted by atomic mass is 9.90. The first kappa shape index (κ1) is 33.0. The normalized spacial score (nSPS) is 19.2. The van der Waals surface area contributed by atoms with E-state index in [2.05, 4.69) is 18.1 Å². The Balaban J connectivity index is 1.89. The highest BCUT2D eigenvalue weighted by Crippen LogP contribution is 2.39. The lowest BCUT2D eigenvalue weighted by Gasteiger charge is -2.16. The second kappa shape index (κ2) is 12.8. The van der Waals surface area contributed by atoms with Crippen molar-refractivity contribution >= 4 is 41.2 Å². The zero-order valence-electron chi connectivity index (χ0n) is 27.3. The number of allylic oxidation sites excluding steroid dienone is 9. The van der Waals surface area contributed by atoms with E-state index in [1.807, 2.05) is 45.9 Å². The molecule has 242 valence electrons. The highest BCUT2D eigenvalue weighted by atomic mass is 16.4. The molecule has 5 heterocycles. The van der Waals surface area contributed by atoms with Crippen LogP contribution in [0.5, 0.6) is 0 Å². The van der Waals surface area contributed by atoms with Gasteiger partial charge in [0.1, 0.15) is 5.76 Å². The number of carbonyl (C=O) groups is 2. The smallest absolute Gasteiger partial charge is 0.303 e. The van der Waals surface area contributed by atoms with E-state index >= 15 is 0 Å². The summed E-state index contributed by atoms with van der Waals surface area (Å²) in [5.41, 5.74) is 17.8. The molecular weight excluding hydrogens is 594 g/mol. The average Bonchev–Trinajstić information content (AvgIpc) is 3.68. The van der Waals surface area contributed by atoms with Gasteiger partial charge < -0.3 is 26.0 Å². The predicted molar refractivity (Wildman–Crippen MR) is 186 cm³/mol. The molecule has 8 bridgehead atoms. The second-order valence-electron chi connectivity index (χ2n) is 12.0. The highest BCUT2D eigenvalue weighted by Gasteiger charge is 2.33. The minimum absolute atomic E-state index is 0.0759. The van der Waals surface area contributed by atoms with Crippen molar-refractivity contribution in [2.75, 3.05) is 0 Å². The molecule has 4 aliphatic heterocycles. The van der Waals surface area contributed by atoms with Crippen LogP contribution in [-0.4, -0.2) is 55.4 Å². The monoisotopic (exact) mass is 633 g/mol. The number of hydrogen-bond donors (Lipinski definition) is 5. The summed E-state index contributed by atoms with van der Waals surface area (Å²) in [5.74, 6) is -1.92. The number of nitrogens with two attached hydrogens (primary N) is 1. The molecule has 0 fully saturated rings. The van der Waals surface area contributed by atoms with Crippen molar-refractivity contribution in [2.24, 2.45) is 20.7 Å². The van der Waals surface area contributed by atoms with Gasteiger partial charge in [0.25, 0.3) is 0 Å². The van der Waals surface area contributed by atoms with Gasteiger partial charge in [-0.1, -0.05) is 25.3 Å². The van der Waals surface area contributed by atoms with Gasteiger partial charge in [0.15, 0.2) is 0 Å². The SMILES string of the molecule is C=CC1=C(C)C2=NC1=Cc1[nH]c(c(CCC(=O)O)c1C)C=C1N=C(C=C3N=C(C(C=C)=C3C)C2=C(O)[C@H](C)N)C(C)=C1CCC(=O)O. The van der Waals surface area contributed by atoms with E-state index in [0.29, 0.717) is 51.1 Å². The molecule has 0 saturated carbocycles. The molecule has 1 atom stereocenters. The summed E-state index contributed by atoms with van der Waals surface area (Å²) >= 11 is 0. The van der Waals surface area contributed by atoms with Crippen LogP contribution in [0.25, 0.3) is 12.2 Å². The van der Waals surface area contributed by atoms with E-state index in [-0.39, 0.29) is 31.4 Å². The predicted octanol–water partition coefficient (Wildman–Crippen LogP) is 6.63. The maximum atomic E-state index is 11.6. The van der Waals surface area contributed by atoms with E-state index in [9.17, 15) is 24.9 Å². The molecule has 0 unspecified atom stereocenters. The number of aliphatic imine (C=N–C) groups is 3. The number of nitrogens with one attached hydrogen (secondary N) is 1. The molecule has 1 aromatic rings. The number of aromatic amines is 1. The maximum absolute atomic E-state index is 11.6. The zero-order chi connectivity index (χ0) is 34.3. The Kier molecular flexibility index (Phi) is 9.00. The van der Waals surface area contributed by atoms with Crippen LogP contribution in [0.2, 0.25) is 0 Å². The molecule has 47 heavy (non-hydrogen) atoms. The summed E-state index contributed by atoms with van der Waals surface area (Å²) in [5, 5.41) is 30.6. The summed E-state index contributed by atoms with van der Waals surface area (Å²) in [4.78, 5) is 41.7. The van der Waals surface area contributed by atoms with Crippen molar-refractivity contribution in [2.45, 2.75) is 66.3 Å². The first-order chi connectivity index (χ1) is 22.3. The van der Waals surface area contributed by atoms with Crippen LogP contribution in [0.4, 0.5) is 0 Å². The van der Waals surface area contributed by atoms with Crippen LogP contribution < -0.4 is 5.73 Å². The third-order valence-corrected chi connectivity index (χ3v) is 8.96. The Labute approximate surface area is 273 Å². The number of aliphatic hydroxyl groups is 1. The second-order valence-corrected chi connectivity index (χ2v) is 12.0. The van der Waals surface area contributed by atoms with E-state index < -0.39 is 18.0 Å². The molecule has 0 spiro atoms. The first-order valence-corrected chi connectivity index (χ1v) is 15.4. The molecule has 0 aromatic carbocycles. The van der Waals surface area contributed by atoms with Crippen molar-refractivity contribution in [3.05, 3.63) is 116 Å². The van der Waals surface area contributed by atoms with E-state index in [0.717, 1.165) is 44.7 Å².